The predicted octanol–water partition coefficient (Wildman–Crippen LogP) is 5.60. The number of carbonyl (C=O) groups is 1. The molecule has 0 aromatic heterocycles. The number of fused-ring (bicyclic) bond motifs is 2. The Bertz CT molecular complexity index is 1240. The summed E-state index contributed by atoms with van der Waals surface area (Å²) in [4.78, 5) is 16.8. The Kier molecular flexibility index (Phi) is 5.54. The molecule has 3 aromatic carbocycles. The molecule has 6 heteroatoms. The molecule has 1 heterocycles. The number of nitrogens with zero attached hydrogens (tertiary/aromatic N) is 1. The van der Waals surface area contributed by atoms with Crippen LogP contribution in [0.3, 0.4) is 0 Å². The maximum Gasteiger partial charge on any atom is 0.259 e. The van der Waals surface area contributed by atoms with E-state index in [1.165, 1.54) is 0 Å². The van der Waals surface area contributed by atoms with Gasteiger partial charge in [0.1, 0.15) is 10.7 Å². The summed E-state index contributed by atoms with van der Waals surface area (Å²) in [5.74, 6) is 0.472. The van der Waals surface area contributed by atoms with Gasteiger partial charge in [-0.1, -0.05) is 60.7 Å². The van der Waals surface area contributed by atoms with E-state index in [1.807, 2.05) is 81.4 Å². The lowest BCUT2D eigenvalue weighted by Crippen LogP contribution is -2.51. The number of ether oxygens (including phenoxy) is 1. The van der Waals surface area contributed by atoms with Gasteiger partial charge in [0.05, 0.1) is 17.8 Å². The van der Waals surface area contributed by atoms with Gasteiger partial charge in [-0.15, -0.1) is 12.6 Å². The van der Waals surface area contributed by atoms with Gasteiger partial charge in [-0.25, -0.2) is 0 Å². The van der Waals surface area contributed by atoms with Gasteiger partial charge in [0.2, 0.25) is 0 Å². The predicted molar refractivity (Wildman–Crippen MR) is 135 cm³/mol. The zero-order valence-electron chi connectivity index (χ0n) is 17.7. The number of thiol groups is 1. The van der Waals surface area contributed by atoms with E-state index < -0.39 is 5.54 Å². The van der Waals surface area contributed by atoms with Crippen LogP contribution < -0.4 is 15.4 Å². The maximum absolute atomic E-state index is 14.1. The van der Waals surface area contributed by atoms with Crippen LogP contribution in [-0.4, -0.2) is 23.0 Å². The van der Waals surface area contributed by atoms with Crippen molar-refractivity contribution in [1.82, 2.24) is 0 Å². The number of nitrogens with two attached hydrogens (primary N) is 1. The van der Waals surface area contributed by atoms with Crippen LogP contribution in [0.1, 0.15) is 36.7 Å². The van der Waals surface area contributed by atoms with Crippen LogP contribution >= 0.6 is 24.8 Å². The lowest BCUT2D eigenvalue weighted by atomic mass is 9.86. The van der Waals surface area contributed by atoms with Gasteiger partial charge < -0.3 is 10.5 Å². The minimum Gasteiger partial charge on any atom is -0.492 e. The van der Waals surface area contributed by atoms with E-state index in [4.69, 9.17) is 35.3 Å². The van der Waals surface area contributed by atoms with Crippen LogP contribution in [0.15, 0.2) is 65.6 Å². The Morgan fingerprint density at radius 2 is 1.77 bits per heavy atom. The number of anilines is 1. The smallest absolute Gasteiger partial charge is 0.259 e. The SMILES string of the molecule is CCOc1cccc2c1N(C(=O)c1cccc3ccccc13)C(C)(C)C(S)=C2C(N)=S. The molecule has 1 aliphatic heterocycles. The summed E-state index contributed by atoms with van der Waals surface area (Å²) in [6.07, 6.45) is 0. The minimum absolute atomic E-state index is 0.135. The third kappa shape index (κ3) is 3.40. The molecule has 3 aromatic rings. The summed E-state index contributed by atoms with van der Waals surface area (Å²) < 4.78 is 5.94. The molecule has 0 fully saturated rings. The first-order chi connectivity index (χ1) is 14.8. The van der Waals surface area contributed by atoms with Gasteiger partial charge in [0.15, 0.2) is 0 Å². The lowest BCUT2D eigenvalue weighted by Gasteiger charge is -2.45. The van der Waals surface area contributed by atoms with Crippen LogP contribution in [0.5, 0.6) is 5.75 Å². The molecule has 158 valence electrons. The third-order valence-electron chi connectivity index (χ3n) is 5.64. The highest BCUT2D eigenvalue weighted by molar-refractivity contribution is 7.85. The first-order valence-electron chi connectivity index (χ1n) is 10.1. The first-order valence-corrected chi connectivity index (χ1v) is 11.0. The van der Waals surface area contributed by atoms with E-state index >= 15 is 0 Å². The highest BCUT2D eigenvalue weighted by Gasteiger charge is 2.44. The van der Waals surface area contributed by atoms with Crippen LogP contribution in [-0.2, 0) is 0 Å². The molecule has 31 heavy (non-hydrogen) atoms. The fraction of sp³-hybridized carbons (Fsp3) is 0.200. The van der Waals surface area contributed by atoms with Gasteiger partial charge in [0, 0.05) is 21.6 Å². The normalized spacial score (nSPS) is 15.0. The second kappa shape index (κ2) is 8.02. The summed E-state index contributed by atoms with van der Waals surface area (Å²) >= 11 is 10.2. The zero-order valence-corrected chi connectivity index (χ0v) is 19.4. The molecule has 0 bridgehead atoms. The fourth-order valence-corrected chi connectivity index (χ4v) is 4.81. The molecular weight excluding hydrogens is 424 g/mol. The summed E-state index contributed by atoms with van der Waals surface area (Å²) in [6, 6.07) is 19.3. The van der Waals surface area contributed by atoms with Crippen LogP contribution in [0, 0.1) is 0 Å². The van der Waals surface area contributed by atoms with Gasteiger partial charge in [-0.3, -0.25) is 9.69 Å². The van der Waals surface area contributed by atoms with Crippen LogP contribution in [0.4, 0.5) is 5.69 Å². The van der Waals surface area contributed by atoms with Gasteiger partial charge in [0.25, 0.3) is 5.91 Å². The average Bonchev–Trinajstić information content (AvgIpc) is 2.74. The first kappa shape index (κ1) is 21.4. The highest BCUT2D eigenvalue weighted by atomic mass is 32.1. The quantitative estimate of drug-likeness (QED) is 0.403. The average molecular weight is 449 g/mol. The third-order valence-corrected chi connectivity index (χ3v) is 6.61. The Morgan fingerprint density at radius 1 is 1.10 bits per heavy atom. The van der Waals surface area contributed by atoms with Crippen molar-refractivity contribution in [3.8, 4) is 5.75 Å². The number of para-hydroxylation sites is 1. The Labute approximate surface area is 193 Å². The monoisotopic (exact) mass is 448 g/mol. The van der Waals surface area contributed by atoms with E-state index in [2.05, 4.69) is 0 Å². The summed E-state index contributed by atoms with van der Waals surface area (Å²) in [6.45, 7) is 6.27. The number of carbonyl (C=O) groups excluding carboxylic acids is 1. The molecular formula is C25H24N2O2S2. The summed E-state index contributed by atoms with van der Waals surface area (Å²) in [7, 11) is 0. The minimum atomic E-state index is -0.796. The number of thiocarbonyl (C=S) groups is 1. The van der Waals surface area contributed by atoms with Gasteiger partial charge in [-0.05, 0) is 43.7 Å². The molecule has 2 N–H and O–H groups in total. The van der Waals surface area contributed by atoms with Crippen molar-refractivity contribution >= 4 is 57.8 Å². The Balaban J connectivity index is 2.02. The van der Waals surface area contributed by atoms with Crippen molar-refractivity contribution in [2.45, 2.75) is 26.3 Å². The van der Waals surface area contributed by atoms with Crippen molar-refractivity contribution < 1.29 is 9.53 Å². The highest BCUT2D eigenvalue weighted by Crippen LogP contribution is 2.49. The standard InChI is InChI=1S/C25H24N2O2S2/c1-4-29-19-14-8-13-18-20(23(26)31)22(30)25(2,3)27(21(18)19)24(28)17-12-7-10-15-9-5-6-11-16(15)17/h5-14,30H,4H2,1-3H3,(H2,26,31). The lowest BCUT2D eigenvalue weighted by molar-refractivity contribution is 0.0970. The van der Waals surface area contributed by atoms with Crippen LogP contribution in [0.25, 0.3) is 16.3 Å². The maximum atomic E-state index is 14.1. The van der Waals surface area contributed by atoms with Gasteiger partial charge in [-0.2, -0.15) is 0 Å². The van der Waals surface area contributed by atoms with E-state index in [1.54, 1.807) is 4.90 Å². The van der Waals surface area contributed by atoms with E-state index in [9.17, 15) is 4.79 Å². The largest absolute Gasteiger partial charge is 0.492 e. The number of benzene rings is 3. The molecule has 1 amide bonds. The van der Waals surface area contributed by atoms with E-state index in [0.717, 1.165) is 16.3 Å². The molecule has 0 spiro atoms. The van der Waals surface area contributed by atoms with Crippen molar-refractivity contribution in [1.29, 1.82) is 0 Å². The van der Waals surface area contributed by atoms with Crippen LogP contribution in [0.2, 0.25) is 0 Å². The molecule has 4 rings (SSSR count). The van der Waals surface area contributed by atoms with Crippen molar-refractivity contribution in [2.24, 2.45) is 5.73 Å². The van der Waals surface area contributed by atoms with Gasteiger partial charge >= 0.3 is 0 Å². The summed E-state index contributed by atoms with van der Waals surface area (Å²) in [5.41, 5.74) is 8.00. The molecule has 0 unspecified atom stereocenters. The number of hydrogen-bond donors (Lipinski definition) is 2. The second-order valence-corrected chi connectivity index (χ2v) is 8.79. The number of hydrogen-bond acceptors (Lipinski definition) is 4. The molecule has 1 aliphatic rings. The second-order valence-electron chi connectivity index (χ2n) is 7.90. The van der Waals surface area contributed by atoms with E-state index in [-0.39, 0.29) is 10.9 Å². The molecule has 0 radical (unpaired) electrons. The van der Waals surface area contributed by atoms with Crippen molar-refractivity contribution in [3.05, 3.63) is 76.7 Å². The molecule has 0 aliphatic carbocycles. The van der Waals surface area contributed by atoms with Crippen molar-refractivity contribution in [3.63, 3.8) is 0 Å². The summed E-state index contributed by atoms with van der Waals surface area (Å²) in [5, 5.41) is 1.90. The number of amides is 1. The Morgan fingerprint density at radius 3 is 2.48 bits per heavy atom. The molecule has 4 nitrogen and oxygen atoms in total. The molecule has 0 atom stereocenters. The zero-order chi connectivity index (χ0) is 22.3. The van der Waals surface area contributed by atoms with Crippen molar-refractivity contribution in [2.75, 3.05) is 11.5 Å². The Hall–Kier alpha value is -2.83. The number of rotatable bonds is 4. The molecule has 0 saturated heterocycles. The fourth-order valence-electron chi connectivity index (χ4n) is 4.18. The topological polar surface area (TPSA) is 55.6 Å². The van der Waals surface area contributed by atoms with E-state index in [0.29, 0.717) is 34.1 Å². The molecule has 0 saturated carbocycles.